The number of amides is 1. The highest BCUT2D eigenvalue weighted by molar-refractivity contribution is 8.01. The Morgan fingerprint density at radius 3 is 3.00 bits per heavy atom. The van der Waals surface area contributed by atoms with Crippen LogP contribution in [0.5, 0.6) is 0 Å². The van der Waals surface area contributed by atoms with Crippen LogP contribution in [-0.4, -0.2) is 48.5 Å². The number of hydrogen-bond donors (Lipinski definition) is 2. The number of nitrogens with zero attached hydrogens (tertiary/aromatic N) is 1. The van der Waals surface area contributed by atoms with E-state index in [1.54, 1.807) is 11.3 Å². The summed E-state index contributed by atoms with van der Waals surface area (Å²) in [6.45, 7) is 4.83. The zero-order valence-electron chi connectivity index (χ0n) is 13.5. The van der Waals surface area contributed by atoms with Crippen molar-refractivity contribution in [3.63, 3.8) is 0 Å². The summed E-state index contributed by atoms with van der Waals surface area (Å²) in [4.78, 5) is 16.9. The van der Waals surface area contributed by atoms with E-state index < -0.39 is 0 Å². The SMILES string of the molecule is Cc1csc(SC2CCC(NC(=O)C3CNCCOC3)CC2)n1. The molecule has 1 amide bonds. The van der Waals surface area contributed by atoms with Crippen LogP contribution in [0.3, 0.4) is 0 Å². The van der Waals surface area contributed by atoms with Gasteiger partial charge in [0.25, 0.3) is 0 Å². The minimum Gasteiger partial charge on any atom is -0.379 e. The van der Waals surface area contributed by atoms with E-state index in [1.807, 2.05) is 18.7 Å². The third-order valence-electron chi connectivity index (χ3n) is 4.39. The van der Waals surface area contributed by atoms with Gasteiger partial charge in [-0.2, -0.15) is 0 Å². The van der Waals surface area contributed by atoms with Gasteiger partial charge in [-0.3, -0.25) is 4.79 Å². The lowest BCUT2D eigenvalue weighted by atomic mass is 9.94. The van der Waals surface area contributed by atoms with Gasteiger partial charge in [0.1, 0.15) is 4.34 Å². The summed E-state index contributed by atoms with van der Waals surface area (Å²) < 4.78 is 6.65. The summed E-state index contributed by atoms with van der Waals surface area (Å²) in [5.41, 5.74) is 1.11. The van der Waals surface area contributed by atoms with Gasteiger partial charge in [-0.05, 0) is 32.6 Å². The fraction of sp³-hybridized carbons (Fsp3) is 0.750. The quantitative estimate of drug-likeness (QED) is 0.867. The smallest absolute Gasteiger partial charge is 0.226 e. The van der Waals surface area contributed by atoms with Crippen molar-refractivity contribution in [3.05, 3.63) is 11.1 Å². The Kier molecular flexibility index (Phi) is 6.33. The Labute approximate surface area is 146 Å². The predicted molar refractivity (Wildman–Crippen MR) is 94.1 cm³/mol. The van der Waals surface area contributed by atoms with Crippen molar-refractivity contribution < 1.29 is 9.53 Å². The molecule has 1 aliphatic heterocycles. The van der Waals surface area contributed by atoms with Gasteiger partial charge in [-0.15, -0.1) is 11.3 Å². The topological polar surface area (TPSA) is 63.2 Å². The number of thiazole rings is 1. The average molecular weight is 356 g/mol. The Balaban J connectivity index is 1.40. The highest BCUT2D eigenvalue weighted by atomic mass is 32.2. The summed E-state index contributed by atoms with van der Waals surface area (Å²) in [6, 6.07) is 0.320. The largest absolute Gasteiger partial charge is 0.379 e. The second-order valence-corrected chi connectivity index (χ2v) is 8.74. The Morgan fingerprint density at radius 1 is 1.43 bits per heavy atom. The van der Waals surface area contributed by atoms with Crippen molar-refractivity contribution in [1.82, 2.24) is 15.6 Å². The number of aryl methyl sites for hydroxylation is 1. The van der Waals surface area contributed by atoms with E-state index in [1.165, 1.54) is 4.34 Å². The molecule has 1 unspecified atom stereocenters. The fourth-order valence-corrected chi connectivity index (χ4v) is 5.33. The first-order valence-corrected chi connectivity index (χ1v) is 10.1. The maximum Gasteiger partial charge on any atom is 0.226 e. The van der Waals surface area contributed by atoms with Crippen molar-refractivity contribution in [2.75, 3.05) is 26.3 Å². The van der Waals surface area contributed by atoms with Gasteiger partial charge >= 0.3 is 0 Å². The third-order valence-corrected chi connectivity index (χ3v) is 6.82. The number of carbonyl (C=O) groups excluding carboxylic acids is 1. The van der Waals surface area contributed by atoms with Crippen molar-refractivity contribution in [2.24, 2.45) is 5.92 Å². The second kappa shape index (κ2) is 8.46. The number of carbonyl (C=O) groups is 1. The molecule has 2 aliphatic rings. The molecule has 5 nitrogen and oxygen atoms in total. The van der Waals surface area contributed by atoms with Crippen molar-refractivity contribution in [3.8, 4) is 0 Å². The number of hydrogen-bond acceptors (Lipinski definition) is 6. The number of ether oxygens (including phenoxy) is 1. The summed E-state index contributed by atoms with van der Waals surface area (Å²) in [5.74, 6) is 0.0916. The molecule has 2 heterocycles. The van der Waals surface area contributed by atoms with Gasteiger partial charge in [0, 0.05) is 35.5 Å². The molecular weight excluding hydrogens is 330 g/mol. The number of thioether (sulfide) groups is 1. The lowest BCUT2D eigenvalue weighted by molar-refractivity contribution is -0.127. The normalized spacial score (nSPS) is 29.0. The maximum atomic E-state index is 12.3. The summed E-state index contributed by atoms with van der Waals surface area (Å²) in [5, 5.41) is 9.22. The monoisotopic (exact) mass is 355 g/mol. The molecule has 3 rings (SSSR count). The molecule has 2 fully saturated rings. The molecule has 2 N–H and O–H groups in total. The van der Waals surface area contributed by atoms with Crippen LogP contribution in [0.25, 0.3) is 0 Å². The van der Waals surface area contributed by atoms with Gasteiger partial charge in [0.2, 0.25) is 5.91 Å². The molecule has 1 saturated carbocycles. The lowest BCUT2D eigenvalue weighted by Gasteiger charge is -2.29. The van der Waals surface area contributed by atoms with Gasteiger partial charge < -0.3 is 15.4 Å². The van der Waals surface area contributed by atoms with Crippen LogP contribution in [0.4, 0.5) is 0 Å². The second-order valence-electron chi connectivity index (χ2n) is 6.33. The van der Waals surface area contributed by atoms with Crippen LogP contribution in [0.15, 0.2) is 9.72 Å². The van der Waals surface area contributed by atoms with Crippen LogP contribution in [0.1, 0.15) is 31.4 Å². The van der Waals surface area contributed by atoms with Crippen molar-refractivity contribution >= 4 is 29.0 Å². The molecule has 1 atom stereocenters. The number of aromatic nitrogens is 1. The Hall–Kier alpha value is -0.630. The van der Waals surface area contributed by atoms with E-state index in [4.69, 9.17) is 4.74 Å². The Morgan fingerprint density at radius 2 is 2.26 bits per heavy atom. The molecule has 0 spiro atoms. The zero-order valence-corrected chi connectivity index (χ0v) is 15.2. The zero-order chi connectivity index (χ0) is 16.1. The molecule has 1 aromatic heterocycles. The number of rotatable bonds is 4. The minimum atomic E-state index is -0.0529. The van der Waals surface area contributed by atoms with Crippen LogP contribution >= 0.6 is 23.1 Å². The summed E-state index contributed by atoms with van der Waals surface area (Å²) in [7, 11) is 0. The van der Waals surface area contributed by atoms with E-state index >= 15 is 0 Å². The first-order chi connectivity index (χ1) is 11.2. The highest BCUT2D eigenvalue weighted by Crippen LogP contribution is 2.35. The fourth-order valence-electron chi connectivity index (χ4n) is 3.05. The maximum absolute atomic E-state index is 12.3. The number of nitrogens with one attached hydrogen (secondary N) is 2. The van der Waals surface area contributed by atoms with E-state index in [9.17, 15) is 4.79 Å². The summed E-state index contributed by atoms with van der Waals surface area (Å²) >= 11 is 3.64. The predicted octanol–water partition coefficient (Wildman–Crippen LogP) is 2.21. The molecule has 128 valence electrons. The standard InChI is InChI=1S/C16H25N3O2S2/c1-11-10-22-16(18-11)23-14-4-2-13(3-5-14)19-15(20)12-8-17-6-7-21-9-12/h10,12-14,17H,2-9H2,1H3,(H,19,20). The van der Waals surface area contributed by atoms with Crippen molar-refractivity contribution in [2.45, 2.75) is 48.2 Å². The van der Waals surface area contributed by atoms with E-state index in [2.05, 4.69) is 21.0 Å². The molecule has 1 aromatic rings. The van der Waals surface area contributed by atoms with E-state index in [0.29, 0.717) is 24.5 Å². The molecule has 23 heavy (non-hydrogen) atoms. The molecule has 1 saturated heterocycles. The van der Waals surface area contributed by atoms with Gasteiger partial charge in [-0.1, -0.05) is 11.8 Å². The summed E-state index contributed by atoms with van der Waals surface area (Å²) in [6.07, 6.45) is 4.42. The molecule has 0 bridgehead atoms. The first kappa shape index (κ1) is 17.2. The van der Waals surface area contributed by atoms with Crippen LogP contribution < -0.4 is 10.6 Å². The minimum absolute atomic E-state index is 0.0529. The van der Waals surface area contributed by atoms with Gasteiger partial charge in [-0.25, -0.2) is 4.98 Å². The van der Waals surface area contributed by atoms with Gasteiger partial charge in [0.15, 0.2) is 0 Å². The van der Waals surface area contributed by atoms with Crippen molar-refractivity contribution in [1.29, 1.82) is 0 Å². The molecular formula is C16H25N3O2S2. The first-order valence-electron chi connectivity index (χ1n) is 8.38. The molecule has 0 aromatic carbocycles. The van der Waals surface area contributed by atoms with Crippen LogP contribution in [0.2, 0.25) is 0 Å². The van der Waals surface area contributed by atoms with E-state index in [-0.39, 0.29) is 11.8 Å². The lowest BCUT2D eigenvalue weighted by Crippen LogP contribution is -2.44. The molecule has 1 aliphatic carbocycles. The molecule has 7 heteroatoms. The average Bonchev–Trinajstić information content (AvgIpc) is 2.79. The highest BCUT2D eigenvalue weighted by Gasteiger charge is 2.27. The van der Waals surface area contributed by atoms with Crippen LogP contribution in [0, 0.1) is 12.8 Å². The third kappa shape index (κ3) is 5.17. The van der Waals surface area contributed by atoms with Crippen LogP contribution in [-0.2, 0) is 9.53 Å². The Bertz CT molecular complexity index is 507. The molecule has 0 radical (unpaired) electrons. The van der Waals surface area contributed by atoms with Gasteiger partial charge in [0.05, 0.1) is 19.1 Å². The van der Waals surface area contributed by atoms with E-state index in [0.717, 1.165) is 44.5 Å².